The third-order valence-electron chi connectivity index (χ3n) is 7.88. The summed E-state index contributed by atoms with van der Waals surface area (Å²) in [5.41, 5.74) is 0.678. The second kappa shape index (κ2) is 9.14. The lowest BCUT2D eigenvalue weighted by atomic mass is 9.60. The molecule has 4 rings (SSSR count). The summed E-state index contributed by atoms with van der Waals surface area (Å²) in [6.07, 6.45) is 7.72. The van der Waals surface area contributed by atoms with Crippen LogP contribution in [0.15, 0.2) is 18.2 Å². The number of likely N-dealkylation sites (N-methyl/N-ethyl adjacent to an activating group) is 1. The van der Waals surface area contributed by atoms with Crippen molar-refractivity contribution < 1.29 is 14.4 Å². The van der Waals surface area contributed by atoms with Crippen molar-refractivity contribution in [3.05, 3.63) is 28.8 Å². The number of fused-ring (bicyclic) bond motifs is 3. The van der Waals surface area contributed by atoms with Crippen LogP contribution in [0.1, 0.15) is 77.2 Å². The largest absolute Gasteiger partial charge is 0.355 e. The number of amides is 2. The van der Waals surface area contributed by atoms with Crippen molar-refractivity contribution in [3.8, 4) is 0 Å². The van der Waals surface area contributed by atoms with E-state index < -0.39 is 5.41 Å². The number of rotatable bonds is 7. The van der Waals surface area contributed by atoms with Crippen molar-refractivity contribution in [1.82, 2.24) is 10.2 Å². The van der Waals surface area contributed by atoms with Crippen molar-refractivity contribution in [2.75, 3.05) is 18.4 Å². The van der Waals surface area contributed by atoms with Crippen molar-refractivity contribution in [3.63, 3.8) is 0 Å². The van der Waals surface area contributed by atoms with Crippen LogP contribution in [-0.2, 0) is 19.8 Å². The number of carbonyl (C=O) groups excluding carboxylic acids is 3. The lowest BCUT2D eigenvalue weighted by Gasteiger charge is -2.50. The zero-order valence-corrected chi connectivity index (χ0v) is 19.9. The number of unbranched alkanes of at least 4 members (excludes halogenated alkanes) is 1. The zero-order valence-electron chi connectivity index (χ0n) is 19.1. The van der Waals surface area contributed by atoms with E-state index >= 15 is 0 Å². The van der Waals surface area contributed by atoms with Crippen molar-refractivity contribution in [2.24, 2.45) is 0 Å². The number of nitrogens with one attached hydrogen (secondary N) is 2. The maximum absolute atomic E-state index is 13.7. The molecule has 1 aromatic carbocycles. The average Bonchev–Trinajstić information content (AvgIpc) is 3.20. The number of carbonyl (C=O) groups is 3. The van der Waals surface area contributed by atoms with E-state index in [9.17, 15) is 14.4 Å². The van der Waals surface area contributed by atoms with Crippen LogP contribution in [0, 0.1) is 0 Å². The molecule has 7 heteroatoms. The summed E-state index contributed by atoms with van der Waals surface area (Å²) in [4.78, 5) is 40.5. The molecule has 0 radical (unpaired) electrons. The lowest BCUT2D eigenvalue weighted by Crippen LogP contribution is -2.61. The van der Waals surface area contributed by atoms with Crippen LogP contribution in [-0.4, -0.2) is 47.2 Å². The minimum absolute atomic E-state index is 0.00637. The van der Waals surface area contributed by atoms with Gasteiger partial charge in [-0.1, -0.05) is 43.9 Å². The molecule has 1 saturated heterocycles. The summed E-state index contributed by atoms with van der Waals surface area (Å²) >= 11 is 6.23. The highest BCUT2D eigenvalue weighted by Gasteiger charge is 2.69. The average molecular weight is 460 g/mol. The Morgan fingerprint density at radius 2 is 1.97 bits per heavy atom. The van der Waals surface area contributed by atoms with E-state index in [0.29, 0.717) is 24.4 Å². The summed E-state index contributed by atoms with van der Waals surface area (Å²) in [7, 11) is 0. The highest BCUT2D eigenvalue weighted by Crippen LogP contribution is 2.60. The maximum atomic E-state index is 13.7. The molecule has 2 spiro atoms. The molecule has 6 nitrogen and oxygen atoms in total. The summed E-state index contributed by atoms with van der Waals surface area (Å²) in [5.74, 6) is 0.176. The minimum Gasteiger partial charge on any atom is -0.355 e. The molecule has 32 heavy (non-hydrogen) atoms. The number of Topliss-reactive ketones (excluding diaryl/α,β-unsaturated/α-hetero) is 1. The molecule has 2 heterocycles. The molecule has 174 valence electrons. The van der Waals surface area contributed by atoms with Gasteiger partial charge in [0.2, 0.25) is 11.8 Å². The monoisotopic (exact) mass is 459 g/mol. The normalized spacial score (nSPS) is 26.3. The highest BCUT2D eigenvalue weighted by atomic mass is 35.5. The molecule has 3 aliphatic rings. The molecule has 0 aromatic heterocycles. The van der Waals surface area contributed by atoms with Crippen LogP contribution in [0.5, 0.6) is 0 Å². The van der Waals surface area contributed by atoms with Gasteiger partial charge >= 0.3 is 0 Å². The smallest absolute Gasteiger partial charge is 0.237 e. The summed E-state index contributed by atoms with van der Waals surface area (Å²) < 4.78 is 0. The lowest BCUT2D eigenvalue weighted by molar-refractivity contribution is -0.129. The first-order valence-electron chi connectivity index (χ1n) is 12.0. The molecular formula is C25H34ClN3O3. The first-order valence-corrected chi connectivity index (χ1v) is 12.4. The van der Waals surface area contributed by atoms with E-state index in [1.54, 1.807) is 6.92 Å². The van der Waals surface area contributed by atoms with Crippen LogP contribution >= 0.6 is 11.6 Å². The quantitative estimate of drug-likeness (QED) is 0.599. The van der Waals surface area contributed by atoms with Crippen LogP contribution in [0.3, 0.4) is 0 Å². The maximum Gasteiger partial charge on any atom is 0.237 e. The molecule has 2 amide bonds. The standard InChI is InChI=1S/C25H34ClN3O3/c1-3-29-21(22(31)27-14-8-5-9-17(2)30)16-25(24(29)12-6-4-7-13-24)19-11-10-18(26)15-20(19)28-23(25)32/h10-11,15,21H,3-9,12-14,16H2,1-2H3,(H,27,31)(H,28,32)/t21-,25+/m1/s1. The summed E-state index contributed by atoms with van der Waals surface area (Å²) in [5, 5.41) is 6.80. The zero-order chi connectivity index (χ0) is 22.9. The van der Waals surface area contributed by atoms with E-state index in [1.807, 2.05) is 18.2 Å². The number of likely N-dealkylation sites (tertiary alicyclic amines) is 1. The molecular weight excluding hydrogens is 426 g/mol. The van der Waals surface area contributed by atoms with Gasteiger partial charge < -0.3 is 15.4 Å². The van der Waals surface area contributed by atoms with Crippen molar-refractivity contribution >= 4 is 34.9 Å². The second-order valence-electron chi connectivity index (χ2n) is 9.60. The van der Waals surface area contributed by atoms with Crippen LogP contribution < -0.4 is 10.6 Å². The highest BCUT2D eigenvalue weighted by molar-refractivity contribution is 6.31. The van der Waals surface area contributed by atoms with E-state index in [2.05, 4.69) is 22.5 Å². The van der Waals surface area contributed by atoms with Gasteiger partial charge in [0, 0.05) is 29.2 Å². The molecule has 1 saturated carbocycles. The number of hydrogen-bond donors (Lipinski definition) is 2. The number of ketones is 1. The summed E-state index contributed by atoms with van der Waals surface area (Å²) in [6.45, 7) is 4.97. The molecule has 0 unspecified atom stereocenters. The van der Waals surface area contributed by atoms with Gasteiger partial charge in [-0.15, -0.1) is 0 Å². The van der Waals surface area contributed by atoms with Gasteiger partial charge in [0.25, 0.3) is 0 Å². The molecule has 0 bridgehead atoms. The Hall–Kier alpha value is -1.92. The molecule has 2 atom stereocenters. The van der Waals surface area contributed by atoms with E-state index in [-0.39, 0.29) is 29.2 Å². The first-order chi connectivity index (χ1) is 15.4. The summed E-state index contributed by atoms with van der Waals surface area (Å²) in [6, 6.07) is 5.33. The minimum atomic E-state index is -0.736. The Bertz CT molecular complexity index is 912. The fourth-order valence-electron chi connectivity index (χ4n) is 6.58. The van der Waals surface area contributed by atoms with E-state index in [1.165, 1.54) is 0 Å². The predicted molar refractivity (Wildman–Crippen MR) is 126 cm³/mol. The van der Waals surface area contributed by atoms with Crippen LogP contribution in [0.4, 0.5) is 5.69 Å². The van der Waals surface area contributed by atoms with E-state index in [0.717, 1.165) is 62.7 Å². The van der Waals surface area contributed by atoms with Crippen molar-refractivity contribution in [2.45, 2.75) is 88.6 Å². The number of hydrogen-bond acceptors (Lipinski definition) is 4. The fourth-order valence-corrected chi connectivity index (χ4v) is 6.75. The van der Waals surface area contributed by atoms with Gasteiger partial charge in [-0.3, -0.25) is 14.5 Å². The Balaban J connectivity index is 1.65. The Morgan fingerprint density at radius 1 is 1.22 bits per heavy atom. The Kier molecular flexibility index (Phi) is 6.64. The SMILES string of the molecule is CCN1[C@@H](C(=O)NCCCCC(C)=O)C[C@]2(C(=O)Nc3cc(Cl)ccc32)C12CCCCC2. The number of nitrogens with zero attached hydrogens (tertiary/aromatic N) is 1. The van der Waals surface area contributed by atoms with Gasteiger partial charge in [0.15, 0.2) is 0 Å². The van der Waals surface area contributed by atoms with Gasteiger partial charge in [-0.05, 0) is 63.3 Å². The number of halogens is 1. The first kappa shape index (κ1) is 23.2. The van der Waals surface area contributed by atoms with Gasteiger partial charge in [0.05, 0.1) is 11.5 Å². The number of anilines is 1. The van der Waals surface area contributed by atoms with Gasteiger partial charge in [0.1, 0.15) is 5.78 Å². The van der Waals surface area contributed by atoms with E-state index in [4.69, 9.17) is 11.6 Å². The molecule has 2 fully saturated rings. The van der Waals surface area contributed by atoms with Gasteiger partial charge in [-0.25, -0.2) is 0 Å². The predicted octanol–water partition coefficient (Wildman–Crippen LogP) is 4.20. The molecule has 2 aliphatic heterocycles. The third-order valence-corrected chi connectivity index (χ3v) is 8.11. The molecule has 1 aliphatic carbocycles. The third kappa shape index (κ3) is 3.65. The molecule has 1 aromatic rings. The van der Waals surface area contributed by atoms with Crippen LogP contribution in [0.25, 0.3) is 0 Å². The van der Waals surface area contributed by atoms with Crippen molar-refractivity contribution in [1.29, 1.82) is 0 Å². The van der Waals surface area contributed by atoms with Gasteiger partial charge in [-0.2, -0.15) is 0 Å². The number of benzene rings is 1. The fraction of sp³-hybridized carbons (Fsp3) is 0.640. The Morgan fingerprint density at radius 3 is 2.66 bits per heavy atom. The second-order valence-corrected chi connectivity index (χ2v) is 10.0. The topological polar surface area (TPSA) is 78.5 Å². The Labute approximate surface area is 195 Å². The van der Waals surface area contributed by atoms with Crippen LogP contribution in [0.2, 0.25) is 5.02 Å². The molecule has 2 N–H and O–H groups in total.